The summed E-state index contributed by atoms with van der Waals surface area (Å²) in [6, 6.07) is 16.0. The third kappa shape index (κ3) is 5.65. The molecule has 0 saturated carbocycles. The molecule has 0 fully saturated rings. The highest BCUT2D eigenvalue weighted by Crippen LogP contribution is 2.25. The molecule has 29 heavy (non-hydrogen) atoms. The Bertz CT molecular complexity index is 937. The Morgan fingerprint density at radius 1 is 1.14 bits per heavy atom. The molecular weight excluding hydrogens is 382 g/mol. The van der Waals surface area contributed by atoms with Crippen LogP contribution in [0.5, 0.6) is 5.75 Å². The number of amides is 1. The number of methoxy groups -OCH3 is 1. The second-order valence-electron chi connectivity index (χ2n) is 6.75. The van der Waals surface area contributed by atoms with E-state index in [1.54, 1.807) is 18.4 Å². The minimum absolute atomic E-state index is 0.0676. The van der Waals surface area contributed by atoms with Crippen LogP contribution in [-0.4, -0.2) is 36.0 Å². The number of carbonyl (C=O) groups is 1. The van der Waals surface area contributed by atoms with Gasteiger partial charge in [-0.1, -0.05) is 50.2 Å². The molecular formula is C23H27N3O2S. The maximum Gasteiger partial charge on any atom is 0.238 e. The molecule has 3 rings (SSSR count). The first-order valence-electron chi connectivity index (χ1n) is 9.81. The summed E-state index contributed by atoms with van der Waals surface area (Å²) in [5, 5.41) is 6.02. The minimum atomic E-state index is -0.0676. The lowest BCUT2D eigenvalue weighted by atomic mass is 10.1. The lowest BCUT2D eigenvalue weighted by Crippen LogP contribution is -2.32. The SMILES string of the molecule is CCc1ccc(-c2nc(CN(CC)CC(=O)Nc3ccccc3OC)cs2)cc1. The van der Waals surface area contributed by atoms with Crippen molar-refractivity contribution in [1.29, 1.82) is 0 Å². The number of hydrogen-bond acceptors (Lipinski definition) is 5. The molecule has 1 heterocycles. The molecule has 5 nitrogen and oxygen atoms in total. The van der Waals surface area contributed by atoms with Crippen LogP contribution in [0.4, 0.5) is 5.69 Å². The van der Waals surface area contributed by atoms with Crippen LogP contribution in [0.2, 0.25) is 0 Å². The largest absolute Gasteiger partial charge is 0.495 e. The standard InChI is InChI=1S/C23H27N3O2S/c1-4-17-10-12-18(13-11-17)23-24-19(16-29-23)14-26(5-2)15-22(27)25-20-8-6-7-9-21(20)28-3/h6-13,16H,4-5,14-15H2,1-3H3,(H,25,27). The summed E-state index contributed by atoms with van der Waals surface area (Å²) >= 11 is 1.64. The van der Waals surface area contributed by atoms with Gasteiger partial charge in [-0.15, -0.1) is 11.3 Å². The third-order valence-corrected chi connectivity index (χ3v) is 5.68. The molecule has 0 radical (unpaired) electrons. The van der Waals surface area contributed by atoms with Crippen molar-refractivity contribution >= 4 is 22.9 Å². The van der Waals surface area contributed by atoms with Crippen LogP contribution in [0.25, 0.3) is 10.6 Å². The van der Waals surface area contributed by atoms with E-state index >= 15 is 0 Å². The zero-order valence-electron chi connectivity index (χ0n) is 17.1. The maximum atomic E-state index is 12.5. The molecule has 6 heteroatoms. The van der Waals surface area contributed by atoms with Crippen molar-refractivity contribution in [3.05, 3.63) is 65.2 Å². The van der Waals surface area contributed by atoms with Crippen molar-refractivity contribution in [1.82, 2.24) is 9.88 Å². The van der Waals surface area contributed by atoms with Crippen LogP contribution in [0.3, 0.4) is 0 Å². The highest BCUT2D eigenvalue weighted by atomic mass is 32.1. The number of para-hydroxylation sites is 2. The van der Waals surface area contributed by atoms with E-state index in [0.717, 1.165) is 29.2 Å². The second kappa shape index (κ2) is 10.2. The number of carbonyl (C=O) groups excluding carboxylic acids is 1. The van der Waals surface area contributed by atoms with Crippen LogP contribution in [0, 0.1) is 0 Å². The maximum absolute atomic E-state index is 12.5. The van der Waals surface area contributed by atoms with Gasteiger partial charge < -0.3 is 10.1 Å². The number of ether oxygens (including phenoxy) is 1. The number of nitrogens with one attached hydrogen (secondary N) is 1. The van der Waals surface area contributed by atoms with Gasteiger partial charge in [0.1, 0.15) is 10.8 Å². The van der Waals surface area contributed by atoms with Gasteiger partial charge in [-0.25, -0.2) is 4.98 Å². The summed E-state index contributed by atoms with van der Waals surface area (Å²) < 4.78 is 5.30. The molecule has 0 aliphatic carbocycles. The van der Waals surface area contributed by atoms with Gasteiger partial charge in [0.15, 0.2) is 0 Å². The van der Waals surface area contributed by atoms with Crippen molar-refractivity contribution < 1.29 is 9.53 Å². The number of nitrogens with zero attached hydrogens (tertiary/aromatic N) is 2. The van der Waals surface area contributed by atoms with Crippen molar-refractivity contribution in [2.45, 2.75) is 26.8 Å². The fourth-order valence-corrected chi connectivity index (χ4v) is 3.86. The van der Waals surface area contributed by atoms with E-state index in [9.17, 15) is 4.79 Å². The predicted octanol–water partition coefficient (Wildman–Crippen LogP) is 4.84. The first kappa shape index (κ1) is 21.0. The summed E-state index contributed by atoms with van der Waals surface area (Å²) in [4.78, 5) is 19.3. The fraction of sp³-hybridized carbons (Fsp3) is 0.304. The van der Waals surface area contributed by atoms with E-state index in [1.807, 2.05) is 31.2 Å². The zero-order valence-corrected chi connectivity index (χ0v) is 18.0. The number of benzene rings is 2. The summed E-state index contributed by atoms with van der Waals surface area (Å²) in [7, 11) is 1.60. The van der Waals surface area contributed by atoms with E-state index in [-0.39, 0.29) is 5.91 Å². The first-order chi connectivity index (χ1) is 14.1. The van der Waals surface area contributed by atoms with Gasteiger partial charge in [0.2, 0.25) is 5.91 Å². The number of aromatic nitrogens is 1. The molecule has 0 atom stereocenters. The van der Waals surface area contributed by atoms with Crippen LogP contribution < -0.4 is 10.1 Å². The molecule has 3 aromatic rings. The van der Waals surface area contributed by atoms with Crippen LogP contribution in [0.1, 0.15) is 25.1 Å². The van der Waals surface area contributed by atoms with Crippen molar-refractivity contribution in [2.75, 3.05) is 25.5 Å². The number of thiazole rings is 1. The van der Waals surface area contributed by atoms with E-state index < -0.39 is 0 Å². The van der Waals surface area contributed by atoms with Crippen molar-refractivity contribution in [3.63, 3.8) is 0 Å². The van der Waals surface area contributed by atoms with Gasteiger partial charge in [0.25, 0.3) is 0 Å². The number of rotatable bonds is 9. The van der Waals surface area contributed by atoms with E-state index in [4.69, 9.17) is 9.72 Å². The highest BCUT2D eigenvalue weighted by Gasteiger charge is 2.14. The van der Waals surface area contributed by atoms with Crippen LogP contribution in [0.15, 0.2) is 53.9 Å². The quantitative estimate of drug-likeness (QED) is 0.549. The van der Waals surface area contributed by atoms with Crippen LogP contribution in [-0.2, 0) is 17.8 Å². The summed E-state index contributed by atoms with van der Waals surface area (Å²) in [5.41, 5.74) is 4.12. The Labute approximate surface area is 176 Å². The first-order valence-corrected chi connectivity index (χ1v) is 10.7. The van der Waals surface area contributed by atoms with Crippen molar-refractivity contribution in [2.24, 2.45) is 0 Å². The van der Waals surface area contributed by atoms with Crippen molar-refractivity contribution in [3.8, 4) is 16.3 Å². The minimum Gasteiger partial charge on any atom is -0.495 e. The topological polar surface area (TPSA) is 54.5 Å². The summed E-state index contributed by atoms with van der Waals surface area (Å²) in [6.07, 6.45) is 1.03. The highest BCUT2D eigenvalue weighted by molar-refractivity contribution is 7.13. The van der Waals surface area contributed by atoms with E-state index in [2.05, 4.69) is 46.8 Å². The molecule has 0 unspecified atom stereocenters. The lowest BCUT2D eigenvalue weighted by molar-refractivity contribution is -0.117. The molecule has 0 aliphatic rings. The van der Waals surface area contributed by atoms with Gasteiger partial charge in [-0.2, -0.15) is 0 Å². The average molecular weight is 410 g/mol. The Kier molecular flexibility index (Phi) is 7.38. The lowest BCUT2D eigenvalue weighted by Gasteiger charge is -2.19. The molecule has 0 saturated heterocycles. The normalized spacial score (nSPS) is 10.9. The number of hydrogen-bond donors (Lipinski definition) is 1. The number of likely N-dealkylation sites (N-methyl/N-ethyl adjacent to an activating group) is 1. The number of aryl methyl sites for hydroxylation is 1. The molecule has 0 bridgehead atoms. The fourth-order valence-electron chi connectivity index (χ4n) is 3.04. The molecule has 1 amide bonds. The smallest absolute Gasteiger partial charge is 0.238 e. The van der Waals surface area contributed by atoms with Gasteiger partial charge in [-0.05, 0) is 30.7 Å². The third-order valence-electron chi connectivity index (χ3n) is 4.74. The van der Waals surface area contributed by atoms with Gasteiger partial charge >= 0.3 is 0 Å². The van der Waals surface area contributed by atoms with E-state index in [1.165, 1.54) is 5.56 Å². The Balaban J connectivity index is 1.61. The molecule has 1 N–H and O–H groups in total. The summed E-state index contributed by atoms with van der Waals surface area (Å²) in [6.45, 7) is 5.90. The monoisotopic (exact) mass is 409 g/mol. The second-order valence-corrected chi connectivity index (χ2v) is 7.60. The Hall–Kier alpha value is -2.70. The Morgan fingerprint density at radius 3 is 2.59 bits per heavy atom. The molecule has 1 aromatic heterocycles. The Morgan fingerprint density at radius 2 is 1.90 bits per heavy atom. The molecule has 2 aromatic carbocycles. The molecule has 0 aliphatic heterocycles. The van der Waals surface area contributed by atoms with Gasteiger partial charge in [-0.3, -0.25) is 9.69 Å². The van der Waals surface area contributed by atoms with Crippen LogP contribution >= 0.6 is 11.3 Å². The van der Waals surface area contributed by atoms with E-state index in [0.29, 0.717) is 24.5 Å². The zero-order chi connectivity index (χ0) is 20.6. The molecule has 0 spiro atoms. The van der Waals surface area contributed by atoms with Gasteiger partial charge in [0.05, 0.1) is 25.0 Å². The molecule has 152 valence electrons. The summed E-state index contributed by atoms with van der Waals surface area (Å²) in [5.74, 6) is 0.587. The predicted molar refractivity (Wildman–Crippen MR) is 120 cm³/mol. The average Bonchev–Trinajstić information content (AvgIpc) is 3.22. The van der Waals surface area contributed by atoms with Gasteiger partial charge in [0, 0.05) is 17.5 Å². The number of anilines is 1.